The highest BCUT2D eigenvalue weighted by atomic mass is 19.4. The fraction of sp³-hybridized carbons (Fsp3) is 0.231. The number of alkyl halides is 3. The average molecular weight is 283 g/mol. The monoisotopic (exact) mass is 283 g/mol. The Hall–Kier alpha value is -2.31. The predicted molar refractivity (Wildman–Crippen MR) is 65.9 cm³/mol. The van der Waals surface area contributed by atoms with Crippen molar-refractivity contribution in [2.24, 2.45) is 0 Å². The maximum absolute atomic E-state index is 12.4. The molecular weight excluding hydrogens is 271 g/mol. The number of rotatable bonds is 2. The summed E-state index contributed by atoms with van der Waals surface area (Å²) in [5, 5.41) is 0. The molecule has 106 valence electrons. The topological polar surface area (TPSA) is 38.1 Å². The van der Waals surface area contributed by atoms with Crippen molar-refractivity contribution in [3.63, 3.8) is 0 Å². The third-order valence-electron chi connectivity index (χ3n) is 2.75. The van der Waals surface area contributed by atoms with E-state index in [0.717, 1.165) is 12.1 Å². The van der Waals surface area contributed by atoms with E-state index < -0.39 is 11.7 Å². The molecule has 2 rings (SSSR count). The van der Waals surface area contributed by atoms with Gasteiger partial charge in [-0.05, 0) is 17.7 Å². The van der Waals surface area contributed by atoms with Crippen molar-refractivity contribution >= 4 is 6.03 Å². The molecule has 2 aromatic rings. The Morgan fingerprint density at radius 2 is 1.95 bits per heavy atom. The number of imidazole rings is 1. The normalized spacial score (nSPS) is 11.4. The molecule has 4 nitrogen and oxygen atoms in total. The Morgan fingerprint density at radius 3 is 2.45 bits per heavy atom. The second-order valence-electron chi connectivity index (χ2n) is 4.30. The first-order chi connectivity index (χ1) is 9.38. The van der Waals surface area contributed by atoms with Crippen molar-refractivity contribution < 1.29 is 18.0 Å². The number of aromatic nitrogens is 2. The molecule has 0 saturated carbocycles. The molecule has 0 aliphatic rings. The van der Waals surface area contributed by atoms with Gasteiger partial charge in [-0.3, -0.25) is 4.57 Å². The average Bonchev–Trinajstić information content (AvgIpc) is 2.91. The van der Waals surface area contributed by atoms with Crippen LogP contribution in [0.3, 0.4) is 0 Å². The van der Waals surface area contributed by atoms with Crippen LogP contribution in [-0.2, 0) is 12.7 Å². The Kier molecular flexibility index (Phi) is 3.78. The highest BCUT2D eigenvalue weighted by Crippen LogP contribution is 2.29. The van der Waals surface area contributed by atoms with Crippen LogP contribution in [-0.4, -0.2) is 27.5 Å². The maximum Gasteiger partial charge on any atom is 0.416 e. The van der Waals surface area contributed by atoms with Gasteiger partial charge in [0.1, 0.15) is 6.33 Å². The second-order valence-corrected chi connectivity index (χ2v) is 4.30. The van der Waals surface area contributed by atoms with E-state index in [1.165, 1.54) is 40.3 Å². The zero-order valence-corrected chi connectivity index (χ0v) is 10.6. The molecule has 20 heavy (non-hydrogen) atoms. The molecular formula is C13H12F3N3O. The molecule has 0 aliphatic heterocycles. The van der Waals surface area contributed by atoms with Crippen LogP contribution in [0.1, 0.15) is 11.1 Å². The van der Waals surface area contributed by atoms with E-state index in [1.54, 1.807) is 7.05 Å². The number of hydrogen-bond donors (Lipinski definition) is 0. The minimum absolute atomic E-state index is 0.217. The van der Waals surface area contributed by atoms with Gasteiger partial charge in [0, 0.05) is 26.0 Å². The third-order valence-corrected chi connectivity index (χ3v) is 2.75. The molecule has 1 aromatic heterocycles. The van der Waals surface area contributed by atoms with Gasteiger partial charge < -0.3 is 4.90 Å². The summed E-state index contributed by atoms with van der Waals surface area (Å²) in [7, 11) is 1.57. The summed E-state index contributed by atoms with van der Waals surface area (Å²) in [6, 6.07) is 4.43. The van der Waals surface area contributed by atoms with Crippen LogP contribution in [0.5, 0.6) is 0 Å². The molecule has 0 fully saturated rings. The van der Waals surface area contributed by atoms with E-state index in [-0.39, 0.29) is 12.6 Å². The minimum atomic E-state index is -4.35. The molecule has 1 heterocycles. The molecule has 0 unspecified atom stereocenters. The smallest absolute Gasteiger partial charge is 0.323 e. The van der Waals surface area contributed by atoms with Crippen LogP contribution in [0.2, 0.25) is 0 Å². The molecule has 0 saturated heterocycles. The van der Waals surface area contributed by atoms with Gasteiger partial charge >= 0.3 is 12.2 Å². The van der Waals surface area contributed by atoms with Gasteiger partial charge in [-0.15, -0.1) is 0 Å². The fourth-order valence-electron chi connectivity index (χ4n) is 1.71. The number of carbonyl (C=O) groups excluding carboxylic acids is 1. The van der Waals surface area contributed by atoms with Crippen molar-refractivity contribution in [2.75, 3.05) is 7.05 Å². The number of benzene rings is 1. The van der Waals surface area contributed by atoms with E-state index >= 15 is 0 Å². The lowest BCUT2D eigenvalue weighted by Crippen LogP contribution is -2.29. The first-order valence-electron chi connectivity index (χ1n) is 5.77. The molecule has 0 spiro atoms. The van der Waals surface area contributed by atoms with Crippen LogP contribution in [0.15, 0.2) is 43.0 Å². The van der Waals surface area contributed by atoms with Crippen LogP contribution in [0.25, 0.3) is 0 Å². The van der Waals surface area contributed by atoms with Gasteiger partial charge in [-0.25, -0.2) is 9.78 Å². The lowest BCUT2D eigenvalue weighted by Gasteiger charge is -2.17. The number of halogens is 3. The molecule has 0 atom stereocenters. The lowest BCUT2D eigenvalue weighted by molar-refractivity contribution is -0.137. The van der Waals surface area contributed by atoms with Crippen LogP contribution >= 0.6 is 0 Å². The first-order valence-corrected chi connectivity index (χ1v) is 5.77. The molecule has 0 aliphatic carbocycles. The van der Waals surface area contributed by atoms with Crippen molar-refractivity contribution in [1.82, 2.24) is 14.5 Å². The summed E-state index contributed by atoms with van der Waals surface area (Å²) >= 11 is 0. The fourth-order valence-corrected chi connectivity index (χ4v) is 1.71. The highest BCUT2D eigenvalue weighted by molar-refractivity contribution is 5.76. The SMILES string of the molecule is CN(Cc1ccc(C(F)(F)F)cc1)C(=O)n1ccnc1. The Bertz CT molecular complexity index is 576. The van der Waals surface area contributed by atoms with Crippen molar-refractivity contribution in [1.29, 1.82) is 0 Å². The minimum Gasteiger partial charge on any atom is -0.323 e. The molecule has 1 amide bonds. The second kappa shape index (κ2) is 5.36. The third kappa shape index (κ3) is 3.17. The summed E-state index contributed by atoms with van der Waals surface area (Å²) < 4.78 is 38.6. The van der Waals surface area contributed by atoms with E-state index in [1.807, 2.05) is 0 Å². The zero-order chi connectivity index (χ0) is 14.8. The Morgan fingerprint density at radius 1 is 1.30 bits per heavy atom. The van der Waals surface area contributed by atoms with Crippen LogP contribution < -0.4 is 0 Å². The van der Waals surface area contributed by atoms with Gasteiger partial charge in [-0.1, -0.05) is 12.1 Å². The van der Waals surface area contributed by atoms with Gasteiger partial charge in [0.2, 0.25) is 0 Å². The van der Waals surface area contributed by atoms with Crippen LogP contribution in [0.4, 0.5) is 18.0 Å². The first kappa shape index (κ1) is 14.1. The standard InChI is InChI=1S/C13H12F3N3O/c1-18(12(20)19-7-6-17-9-19)8-10-2-4-11(5-3-10)13(14,15)16/h2-7,9H,8H2,1H3. The largest absolute Gasteiger partial charge is 0.416 e. The van der Waals surface area contributed by atoms with E-state index in [9.17, 15) is 18.0 Å². The van der Waals surface area contributed by atoms with Gasteiger partial charge in [0.15, 0.2) is 0 Å². The van der Waals surface area contributed by atoms with Gasteiger partial charge in [0.25, 0.3) is 0 Å². The van der Waals surface area contributed by atoms with Gasteiger partial charge in [-0.2, -0.15) is 13.2 Å². The Balaban J connectivity index is 2.05. The number of nitrogens with zero attached hydrogens (tertiary/aromatic N) is 3. The summed E-state index contributed by atoms with van der Waals surface area (Å²) in [6.45, 7) is 0.217. The van der Waals surface area contributed by atoms with E-state index in [4.69, 9.17) is 0 Å². The molecule has 0 N–H and O–H groups in total. The summed E-state index contributed by atoms with van der Waals surface area (Å²) in [6.07, 6.45) is -0.00189. The quantitative estimate of drug-likeness (QED) is 0.849. The summed E-state index contributed by atoms with van der Waals surface area (Å²) in [5.41, 5.74) is -0.0844. The lowest BCUT2D eigenvalue weighted by atomic mass is 10.1. The highest BCUT2D eigenvalue weighted by Gasteiger charge is 2.29. The van der Waals surface area contributed by atoms with Gasteiger partial charge in [0.05, 0.1) is 5.56 Å². The molecule has 1 aromatic carbocycles. The van der Waals surface area contributed by atoms with Crippen molar-refractivity contribution in [3.8, 4) is 0 Å². The van der Waals surface area contributed by atoms with Crippen molar-refractivity contribution in [2.45, 2.75) is 12.7 Å². The van der Waals surface area contributed by atoms with Crippen molar-refractivity contribution in [3.05, 3.63) is 54.1 Å². The maximum atomic E-state index is 12.4. The van der Waals surface area contributed by atoms with E-state index in [2.05, 4.69) is 4.98 Å². The molecule has 0 bridgehead atoms. The zero-order valence-electron chi connectivity index (χ0n) is 10.6. The Labute approximate surface area is 113 Å². The summed E-state index contributed by atoms with van der Waals surface area (Å²) in [4.78, 5) is 17.1. The number of carbonyl (C=O) groups is 1. The molecule has 0 radical (unpaired) electrons. The predicted octanol–water partition coefficient (Wildman–Crippen LogP) is 3.00. The molecule has 7 heteroatoms. The van der Waals surface area contributed by atoms with Crippen LogP contribution in [0, 0.1) is 0 Å². The summed E-state index contributed by atoms with van der Waals surface area (Å²) in [5.74, 6) is 0. The number of hydrogen-bond acceptors (Lipinski definition) is 2. The van der Waals surface area contributed by atoms with E-state index in [0.29, 0.717) is 5.56 Å². The number of amides is 1.